The standard InChI is InChI=1S/C23H34N2O3/c1-28-18-23(27)25-13-9-19(10-14-25)7-8-22(26)24-15-11-21(12-16-24)17-20-5-3-2-4-6-20/h2-6,19,21H,7-18H2,1H3. The van der Waals surface area contributed by atoms with E-state index < -0.39 is 0 Å². The number of likely N-dealkylation sites (tertiary alicyclic amines) is 2. The molecule has 1 aromatic rings. The molecule has 0 aromatic heterocycles. The van der Waals surface area contributed by atoms with Gasteiger partial charge in [-0.25, -0.2) is 0 Å². The summed E-state index contributed by atoms with van der Waals surface area (Å²) in [5, 5.41) is 0. The van der Waals surface area contributed by atoms with Crippen LogP contribution in [0.15, 0.2) is 30.3 Å². The number of piperidine rings is 2. The van der Waals surface area contributed by atoms with Crippen LogP contribution >= 0.6 is 0 Å². The SMILES string of the molecule is COCC(=O)N1CCC(CCC(=O)N2CCC(Cc3ccccc3)CC2)CC1. The van der Waals surface area contributed by atoms with Crippen molar-refractivity contribution in [2.24, 2.45) is 11.8 Å². The summed E-state index contributed by atoms with van der Waals surface area (Å²) in [5.41, 5.74) is 1.41. The van der Waals surface area contributed by atoms with Crippen LogP contribution < -0.4 is 0 Å². The van der Waals surface area contributed by atoms with Crippen LogP contribution in [0.25, 0.3) is 0 Å². The maximum atomic E-state index is 12.6. The predicted molar refractivity (Wildman–Crippen MR) is 110 cm³/mol. The van der Waals surface area contributed by atoms with Crippen molar-refractivity contribution in [1.82, 2.24) is 9.80 Å². The van der Waals surface area contributed by atoms with Gasteiger partial charge in [-0.05, 0) is 55.9 Å². The van der Waals surface area contributed by atoms with Crippen molar-refractivity contribution in [2.45, 2.75) is 44.9 Å². The van der Waals surface area contributed by atoms with Gasteiger partial charge in [0.1, 0.15) is 6.61 Å². The largest absolute Gasteiger partial charge is 0.375 e. The van der Waals surface area contributed by atoms with E-state index in [0.717, 1.165) is 64.7 Å². The van der Waals surface area contributed by atoms with E-state index in [1.807, 2.05) is 4.90 Å². The normalized spacial score (nSPS) is 19.0. The van der Waals surface area contributed by atoms with Gasteiger partial charge in [-0.2, -0.15) is 0 Å². The fraction of sp³-hybridized carbons (Fsp3) is 0.652. The zero-order valence-corrected chi connectivity index (χ0v) is 17.1. The average molecular weight is 387 g/mol. The molecule has 0 radical (unpaired) electrons. The summed E-state index contributed by atoms with van der Waals surface area (Å²) in [7, 11) is 1.56. The number of hydrogen-bond acceptors (Lipinski definition) is 3. The number of carbonyl (C=O) groups is 2. The van der Waals surface area contributed by atoms with Crippen molar-refractivity contribution < 1.29 is 14.3 Å². The maximum absolute atomic E-state index is 12.6. The van der Waals surface area contributed by atoms with Gasteiger partial charge in [-0.3, -0.25) is 9.59 Å². The van der Waals surface area contributed by atoms with Crippen molar-refractivity contribution in [3.8, 4) is 0 Å². The summed E-state index contributed by atoms with van der Waals surface area (Å²) in [5.74, 6) is 1.65. The lowest BCUT2D eigenvalue weighted by atomic mass is 9.89. The molecule has 2 fully saturated rings. The molecule has 2 heterocycles. The van der Waals surface area contributed by atoms with E-state index in [9.17, 15) is 9.59 Å². The van der Waals surface area contributed by atoms with Crippen molar-refractivity contribution in [1.29, 1.82) is 0 Å². The average Bonchev–Trinajstić information content (AvgIpc) is 2.74. The topological polar surface area (TPSA) is 49.9 Å². The highest BCUT2D eigenvalue weighted by molar-refractivity contribution is 5.77. The number of benzene rings is 1. The minimum atomic E-state index is 0.0791. The van der Waals surface area contributed by atoms with Crippen LogP contribution in [0, 0.1) is 11.8 Å². The summed E-state index contributed by atoms with van der Waals surface area (Å²) in [6, 6.07) is 10.7. The van der Waals surface area contributed by atoms with Gasteiger partial charge in [0.15, 0.2) is 0 Å². The van der Waals surface area contributed by atoms with Gasteiger partial charge in [0.05, 0.1) is 0 Å². The van der Waals surface area contributed by atoms with Gasteiger partial charge < -0.3 is 14.5 Å². The predicted octanol–water partition coefficient (Wildman–Crippen LogP) is 3.13. The second-order valence-electron chi connectivity index (χ2n) is 8.31. The summed E-state index contributed by atoms with van der Waals surface area (Å²) < 4.78 is 4.93. The molecule has 1 aromatic carbocycles. The van der Waals surface area contributed by atoms with Crippen LogP contribution in [0.1, 0.15) is 44.1 Å². The monoisotopic (exact) mass is 386 g/mol. The van der Waals surface area contributed by atoms with Crippen molar-refractivity contribution in [3.63, 3.8) is 0 Å². The van der Waals surface area contributed by atoms with Crippen LogP contribution in [0.4, 0.5) is 0 Å². The Morgan fingerprint density at radius 3 is 2.07 bits per heavy atom. The number of hydrogen-bond donors (Lipinski definition) is 0. The zero-order valence-electron chi connectivity index (χ0n) is 17.1. The highest BCUT2D eigenvalue weighted by Crippen LogP contribution is 2.25. The number of rotatable bonds is 7. The molecule has 5 heteroatoms. The number of ether oxygens (including phenoxy) is 1. The van der Waals surface area contributed by atoms with Gasteiger partial charge in [0.2, 0.25) is 11.8 Å². The Balaban J connectivity index is 1.32. The first-order valence-corrected chi connectivity index (χ1v) is 10.7. The molecule has 2 aliphatic rings. The highest BCUT2D eigenvalue weighted by Gasteiger charge is 2.26. The van der Waals surface area contributed by atoms with Crippen molar-refractivity contribution >= 4 is 11.8 Å². The van der Waals surface area contributed by atoms with E-state index in [-0.39, 0.29) is 12.5 Å². The summed E-state index contributed by atoms with van der Waals surface area (Å²) in [6.07, 6.45) is 6.96. The second-order valence-corrected chi connectivity index (χ2v) is 8.31. The number of amides is 2. The van der Waals surface area contributed by atoms with E-state index in [4.69, 9.17) is 4.74 Å². The minimum Gasteiger partial charge on any atom is -0.375 e. The van der Waals surface area contributed by atoms with E-state index in [0.29, 0.717) is 24.2 Å². The van der Waals surface area contributed by atoms with Crippen LogP contribution in [0.5, 0.6) is 0 Å². The van der Waals surface area contributed by atoms with Crippen molar-refractivity contribution in [3.05, 3.63) is 35.9 Å². The van der Waals surface area contributed by atoms with E-state index >= 15 is 0 Å². The third-order valence-electron chi connectivity index (χ3n) is 6.34. The summed E-state index contributed by atoms with van der Waals surface area (Å²) in [4.78, 5) is 28.4. The van der Waals surface area contributed by atoms with Crippen molar-refractivity contribution in [2.75, 3.05) is 39.9 Å². The maximum Gasteiger partial charge on any atom is 0.248 e. The highest BCUT2D eigenvalue weighted by atomic mass is 16.5. The Kier molecular flexibility index (Phi) is 7.90. The van der Waals surface area contributed by atoms with Gasteiger partial charge in [0.25, 0.3) is 0 Å². The van der Waals surface area contributed by atoms with Crippen LogP contribution in [0.2, 0.25) is 0 Å². The molecule has 2 amide bonds. The molecular weight excluding hydrogens is 352 g/mol. The quantitative estimate of drug-likeness (QED) is 0.723. The van der Waals surface area contributed by atoms with Gasteiger partial charge in [-0.15, -0.1) is 0 Å². The van der Waals surface area contributed by atoms with E-state index in [1.165, 1.54) is 5.56 Å². The molecule has 0 saturated carbocycles. The Bertz CT molecular complexity index is 618. The third-order valence-corrected chi connectivity index (χ3v) is 6.34. The third kappa shape index (κ3) is 6.06. The molecule has 5 nitrogen and oxygen atoms in total. The minimum absolute atomic E-state index is 0.0791. The van der Waals surface area contributed by atoms with E-state index in [2.05, 4.69) is 35.2 Å². The summed E-state index contributed by atoms with van der Waals surface area (Å²) in [6.45, 7) is 3.57. The van der Waals surface area contributed by atoms with Crippen LogP contribution in [-0.2, 0) is 20.7 Å². The Hall–Kier alpha value is -1.88. The molecule has 3 rings (SSSR count). The fourth-order valence-electron chi connectivity index (χ4n) is 4.51. The fourth-order valence-corrected chi connectivity index (χ4v) is 4.51. The first-order valence-electron chi connectivity index (χ1n) is 10.7. The molecule has 0 atom stereocenters. The molecule has 0 bridgehead atoms. The lowest BCUT2D eigenvalue weighted by Gasteiger charge is -2.34. The molecule has 0 spiro atoms. The number of methoxy groups -OCH3 is 1. The zero-order chi connectivity index (χ0) is 19.8. The number of carbonyl (C=O) groups excluding carboxylic acids is 2. The molecule has 28 heavy (non-hydrogen) atoms. The number of nitrogens with zero attached hydrogens (tertiary/aromatic N) is 2. The first kappa shape index (κ1) is 20.8. The lowest BCUT2D eigenvalue weighted by molar-refractivity contribution is -0.137. The molecule has 2 aliphatic heterocycles. The Morgan fingerprint density at radius 1 is 0.893 bits per heavy atom. The first-order chi connectivity index (χ1) is 13.7. The lowest BCUT2D eigenvalue weighted by Crippen LogP contribution is -2.41. The molecule has 0 unspecified atom stereocenters. The second kappa shape index (κ2) is 10.6. The molecule has 154 valence electrons. The molecule has 2 saturated heterocycles. The van der Waals surface area contributed by atoms with Gasteiger partial charge >= 0.3 is 0 Å². The molecular formula is C23H34N2O3. The Morgan fingerprint density at radius 2 is 1.46 bits per heavy atom. The smallest absolute Gasteiger partial charge is 0.248 e. The molecule has 0 N–H and O–H groups in total. The van der Waals surface area contributed by atoms with Crippen LogP contribution in [-0.4, -0.2) is 61.5 Å². The molecule has 0 aliphatic carbocycles. The van der Waals surface area contributed by atoms with Gasteiger partial charge in [-0.1, -0.05) is 30.3 Å². The van der Waals surface area contributed by atoms with E-state index in [1.54, 1.807) is 7.11 Å². The Labute approximate surface area is 169 Å². The summed E-state index contributed by atoms with van der Waals surface area (Å²) >= 11 is 0. The van der Waals surface area contributed by atoms with Crippen LogP contribution in [0.3, 0.4) is 0 Å². The van der Waals surface area contributed by atoms with Gasteiger partial charge in [0, 0.05) is 39.7 Å².